The molecular formula is C18H22N6O2. The van der Waals surface area contributed by atoms with Gasteiger partial charge in [0.15, 0.2) is 0 Å². The molecule has 1 saturated heterocycles. The third kappa shape index (κ3) is 3.77. The average Bonchev–Trinajstić information content (AvgIpc) is 3.14. The van der Waals surface area contributed by atoms with Gasteiger partial charge in [0.05, 0.1) is 11.6 Å². The summed E-state index contributed by atoms with van der Waals surface area (Å²) in [6.07, 6.45) is 1.55. The van der Waals surface area contributed by atoms with Crippen molar-refractivity contribution in [2.45, 2.75) is 25.7 Å². The van der Waals surface area contributed by atoms with Crippen molar-refractivity contribution in [3.63, 3.8) is 0 Å². The Morgan fingerprint density at radius 1 is 1.38 bits per heavy atom. The number of benzene rings is 1. The Morgan fingerprint density at radius 3 is 2.73 bits per heavy atom. The molecule has 0 bridgehead atoms. The summed E-state index contributed by atoms with van der Waals surface area (Å²) in [6, 6.07) is 7.20. The van der Waals surface area contributed by atoms with Crippen LogP contribution in [0, 0.1) is 18.3 Å². The van der Waals surface area contributed by atoms with E-state index in [0.29, 0.717) is 36.2 Å². The van der Waals surface area contributed by atoms with Gasteiger partial charge in [-0.15, -0.1) is 0 Å². The molecule has 3 rings (SSSR count). The fourth-order valence-electron chi connectivity index (χ4n) is 2.92. The highest BCUT2D eigenvalue weighted by Gasteiger charge is 2.28. The molecule has 0 saturated carbocycles. The monoisotopic (exact) mass is 354 g/mol. The second-order valence-corrected chi connectivity index (χ2v) is 6.66. The smallest absolute Gasteiger partial charge is 0.321 e. The second-order valence-electron chi connectivity index (χ2n) is 6.66. The lowest BCUT2D eigenvalue weighted by Gasteiger charge is -2.30. The van der Waals surface area contributed by atoms with Crippen molar-refractivity contribution < 1.29 is 9.32 Å². The van der Waals surface area contributed by atoms with Gasteiger partial charge in [-0.05, 0) is 42.6 Å². The van der Waals surface area contributed by atoms with Crippen molar-refractivity contribution in [3.8, 4) is 6.07 Å². The third-order valence-corrected chi connectivity index (χ3v) is 4.57. The quantitative estimate of drug-likeness (QED) is 0.910. The number of amides is 2. The van der Waals surface area contributed by atoms with E-state index in [1.807, 2.05) is 27.1 Å². The summed E-state index contributed by atoms with van der Waals surface area (Å²) in [7, 11) is 3.73. The molecule has 0 radical (unpaired) electrons. The first-order chi connectivity index (χ1) is 12.5. The van der Waals surface area contributed by atoms with E-state index >= 15 is 0 Å². The lowest BCUT2D eigenvalue weighted by atomic mass is 9.97. The number of nitrogens with zero attached hydrogens (tertiary/aromatic N) is 5. The van der Waals surface area contributed by atoms with Crippen molar-refractivity contribution in [2.24, 2.45) is 0 Å². The Hall–Kier alpha value is -3.08. The van der Waals surface area contributed by atoms with Crippen LogP contribution in [0.1, 0.15) is 35.8 Å². The molecule has 2 amide bonds. The maximum absolute atomic E-state index is 12.5. The van der Waals surface area contributed by atoms with Crippen molar-refractivity contribution in [2.75, 3.05) is 37.4 Å². The molecule has 26 heavy (non-hydrogen) atoms. The molecule has 0 aliphatic carbocycles. The fourth-order valence-corrected chi connectivity index (χ4v) is 2.92. The molecule has 1 aromatic carbocycles. The number of carbonyl (C=O) groups excluding carboxylic acids is 1. The van der Waals surface area contributed by atoms with Crippen LogP contribution >= 0.6 is 0 Å². The van der Waals surface area contributed by atoms with Crippen LogP contribution in [0.15, 0.2) is 22.7 Å². The van der Waals surface area contributed by atoms with Gasteiger partial charge >= 0.3 is 6.03 Å². The van der Waals surface area contributed by atoms with Crippen LogP contribution in [0.3, 0.4) is 0 Å². The SMILES string of the molecule is Cc1ccc(C#N)cc1NC(=O)N1CCC(c2nc(N(C)C)no2)CC1. The average molecular weight is 354 g/mol. The summed E-state index contributed by atoms with van der Waals surface area (Å²) < 4.78 is 5.35. The third-order valence-electron chi connectivity index (χ3n) is 4.57. The minimum Gasteiger partial charge on any atom is -0.344 e. The molecule has 1 aromatic heterocycles. The summed E-state index contributed by atoms with van der Waals surface area (Å²) in [6.45, 7) is 3.14. The molecule has 8 heteroatoms. The van der Waals surface area contributed by atoms with E-state index in [-0.39, 0.29) is 11.9 Å². The van der Waals surface area contributed by atoms with Gasteiger partial charge in [-0.3, -0.25) is 0 Å². The Kier molecular flexibility index (Phi) is 5.07. The molecule has 1 aliphatic heterocycles. The lowest BCUT2D eigenvalue weighted by molar-refractivity contribution is 0.187. The molecule has 0 spiro atoms. The Balaban J connectivity index is 1.59. The first-order valence-electron chi connectivity index (χ1n) is 8.55. The number of rotatable bonds is 3. The number of nitriles is 1. The zero-order valence-electron chi connectivity index (χ0n) is 15.2. The van der Waals surface area contributed by atoms with Crippen molar-refractivity contribution in [3.05, 3.63) is 35.2 Å². The van der Waals surface area contributed by atoms with Crippen LogP contribution in [0.2, 0.25) is 0 Å². The highest BCUT2D eigenvalue weighted by atomic mass is 16.5. The van der Waals surface area contributed by atoms with Crippen molar-refractivity contribution >= 4 is 17.7 Å². The van der Waals surface area contributed by atoms with E-state index in [2.05, 4.69) is 21.5 Å². The maximum atomic E-state index is 12.5. The number of nitrogens with one attached hydrogen (secondary N) is 1. The minimum atomic E-state index is -0.152. The summed E-state index contributed by atoms with van der Waals surface area (Å²) in [5.41, 5.74) is 2.12. The first-order valence-corrected chi connectivity index (χ1v) is 8.55. The number of anilines is 2. The number of urea groups is 1. The van der Waals surface area contributed by atoms with Gasteiger partial charge in [0, 0.05) is 38.8 Å². The number of hydrogen-bond acceptors (Lipinski definition) is 6. The number of likely N-dealkylation sites (tertiary alicyclic amines) is 1. The van der Waals surface area contributed by atoms with Gasteiger partial charge in [0.25, 0.3) is 5.95 Å². The van der Waals surface area contributed by atoms with Gasteiger partial charge in [-0.1, -0.05) is 6.07 Å². The zero-order valence-corrected chi connectivity index (χ0v) is 15.2. The van der Waals surface area contributed by atoms with E-state index in [1.165, 1.54) is 0 Å². The lowest BCUT2D eigenvalue weighted by Crippen LogP contribution is -2.40. The van der Waals surface area contributed by atoms with E-state index in [9.17, 15) is 4.79 Å². The number of aromatic nitrogens is 2. The predicted molar refractivity (Wildman–Crippen MR) is 97.1 cm³/mol. The summed E-state index contributed by atoms with van der Waals surface area (Å²) in [4.78, 5) is 20.5. The highest BCUT2D eigenvalue weighted by Crippen LogP contribution is 2.28. The number of aryl methyl sites for hydroxylation is 1. The van der Waals surface area contributed by atoms with E-state index < -0.39 is 0 Å². The number of hydrogen-bond donors (Lipinski definition) is 1. The number of carbonyl (C=O) groups is 1. The minimum absolute atomic E-state index is 0.152. The van der Waals surface area contributed by atoms with Crippen LogP contribution in [0.25, 0.3) is 0 Å². The highest BCUT2D eigenvalue weighted by molar-refractivity contribution is 5.90. The topological polar surface area (TPSA) is 98.3 Å². The summed E-state index contributed by atoms with van der Waals surface area (Å²) in [5, 5.41) is 15.9. The van der Waals surface area contributed by atoms with E-state index in [4.69, 9.17) is 9.78 Å². The maximum Gasteiger partial charge on any atom is 0.321 e. The molecule has 136 valence electrons. The van der Waals surface area contributed by atoms with Crippen molar-refractivity contribution in [1.82, 2.24) is 15.0 Å². The molecule has 8 nitrogen and oxygen atoms in total. The van der Waals surface area contributed by atoms with Crippen LogP contribution in [-0.4, -0.2) is 48.3 Å². The Morgan fingerprint density at radius 2 is 2.12 bits per heavy atom. The van der Waals surface area contributed by atoms with Gasteiger partial charge in [0.1, 0.15) is 0 Å². The predicted octanol–water partition coefficient (Wildman–Crippen LogP) is 2.73. The molecule has 2 aromatic rings. The van der Waals surface area contributed by atoms with Gasteiger partial charge in [-0.2, -0.15) is 10.2 Å². The molecule has 2 heterocycles. The molecule has 0 unspecified atom stereocenters. The molecular weight excluding hydrogens is 332 g/mol. The molecule has 1 aliphatic rings. The standard InChI is InChI=1S/C18H22N6O2/c1-12-4-5-13(11-19)10-15(12)20-18(25)24-8-6-14(7-9-24)16-21-17(22-26-16)23(2)3/h4-5,10,14H,6-9H2,1-3H3,(H,20,25). The molecule has 1 fully saturated rings. The van der Waals surface area contributed by atoms with Crippen LogP contribution in [0.5, 0.6) is 0 Å². The second kappa shape index (κ2) is 7.44. The van der Waals surface area contributed by atoms with E-state index in [0.717, 1.165) is 18.4 Å². The van der Waals surface area contributed by atoms with Gasteiger partial charge in [0.2, 0.25) is 5.89 Å². The largest absolute Gasteiger partial charge is 0.344 e. The van der Waals surface area contributed by atoms with Gasteiger partial charge < -0.3 is 19.6 Å². The molecule has 1 N–H and O–H groups in total. The first kappa shape index (κ1) is 17.7. The van der Waals surface area contributed by atoms with Crippen LogP contribution < -0.4 is 10.2 Å². The number of piperidine rings is 1. The van der Waals surface area contributed by atoms with Crippen LogP contribution in [-0.2, 0) is 0 Å². The molecule has 0 atom stereocenters. The summed E-state index contributed by atoms with van der Waals surface area (Å²) >= 11 is 0. The Labute approximate surface area is 152 Å². The Bertz CT molecular complexity index is 830. The van der Waals surface area contributed by atoms with E-state index in [1.54, 1.807) is 21.9 Å². The van der Waals surface area contributed by atoms with Crippen molar-refractivity contribution in [1.29, 1.82) is 5.26 Å². The van der Waals surface area contributed by atoms with Crippen LogP contribution in [0.4, 0.5) is 16.4 Å². The zero-order chi connectivity index (χ0) is 18.7. The van der Waals surface area contributed by atoms with Gasteiger partial charge in [-0.25, -0.2) is 4.79 Å². The summed E-state index contributed by atoms with van der Waals surface area (Å²) in [5.74, 6) is 1.36. The normalized spacial score (nSPS) is 14.8. The fraction of sp³-hybridized carbons (Fsp3) is 0.444.